The number of carbonyl (C=O) groups is 2. The molecular formula is C15H25NO4S. The van der Waals surface area contributed by atoms with E-state index in [-0.39, 0.29) is 12.0 Å². The Bertz CT molecular complexity index is 376. The van der Waals surface area contributed by atoms with E-state index in [1.165, 1.54) is 6.42 Å². The Hall–Kier alpha value is -0.750. The molecule has 0 aromatic heterocycles. The predicted octanol–water partition coefficient (Wildman–Crippen LogP) is 2.19. The van der Waals surface area contributed by atoms with E-state index in [1.807, 2.05) is 6.92 Å². The van der Waals surface area contributed by atoms with Crippen molar-refractivity contribution in [3.8, 4) is 0 Å². The number of carboxylic acids is 1. The third kappa shape index (κ3) is 4.13. The van der Waals surface area contributed by atoms with E-state index in [9.17, 15) is 14.7 Å². The Balaban J connectivity index is 1.94. The van der Waals surface area contributed by atoms with Gasteiger partial charge in [-0.25, -0.2) is 4.79 Å². The Kier molecular flexibility index (Phi) is 5.93. The molecule has 1 aliphatic carbocycles. The first-order valence-electron chi connectivity index (χ1n) is 7.86. The average molecular weight is 315 g/mol. The molecule has 0 aromatic carbocycles. The van der Waals surface area contributed by atoms with E-state index < -0.39 is 17.6 Å². The molecule has 0 aromatic rings. The lowest BCUT2D eigenvalue weighted by atomic mass is 9.97. The van der Waals surface area contributed by atoms with Crippen molar-refractivity contribution in [3.05, 3.63) is 0 Å². The fourth-order valence-corrected chi connectivity index (χ4v) is 4.30. The van der Waals surface area contributed by atoms with Gasteiger partial charge in [-0.1, -0.05) is 26.2 Å². The molecule has 1 heterocycles. The number of aliphatic carboxylic acids is 1. The normalized spacial score (nSPS) is 28.2. The van der Waals surface area contributed by atoms with Gasteiger partial charge in [0.2, 0.25) is 5.91 Å². The monoisotopic (exact) mass is 315 g/mol. The summed E-state index contributed by atoms with van der Waals surface area (Å²) in [4.78, 5) is 23.9. The molecule has 2 atom stereocenters. The maximum absolute atomic E-state index is 12.4. The average Bonchev–Trinajstić information content (AvgIpc) is 2.95. The minimum Gasteiger partial charge on any atom is -0.479 e. The molecular weight excluding hydrogens is 290 g/mol. The zero-order valence-corrected chi connectivity index (χ0v) is 13.4. The second-order valence-corrected chi connectivity index (χ2v) is 7.08. The number of nitrogens with one attached hydrogen (secondary N) is 1. The molecule has 0 spiro atoms. The Labute approximate surface area is 130 Å². The van der Waals surface area contributed by atoms with Crippen LogP contribution in [0.2, 0.25) is 0 Å². The maximum atomic E-state index is 12.4. The summed E-state index contributed by atoms with van der Waals surface area (Å²) in [6.07, 6.45) is 6.22. The van der Waals surface area contributed by atoms with Crippen molar-refractivity contribution in [1.82, 2.24) is 5.32 Å². The molecule has 1 saturated carbocycles. The lowest BCUT2D eigenvalue weighted by Crippen LogP contribution is -2.57. The topological polar surface area (TPSA) is 75.6 Å². The highest BCUT2D eigenvalue weighted by molar-refractivity contribution is 7.99. The molecule has 1 aliphatic heterocycles. The molecule has 5 nitrogen and oxygen atoms in total. The van der Waals surface area contributed by atoms with Crippen molar-refractivity contribution >= 4 is 23.6 Å². The van der Waals surface area contributed by atoms with Gasteiger partial charge in [0.15, 0.2) is 0 Å². The van der Waals surface area contributed by atoms with Crippen molar-refractivity contribution in [2.75, 3.05) is 11.5 Å². The minimum absolute atomic E-state index is 0.146. The summed E-state index contributed by atoms with van der Waals surface area (Å²) in [5, 5.41) is 12.2. The third-order valence-corrected chi connectivity index (χ3v) is 5.56. The van der Waals surface area contributed by atoms with Crippen LogP contribution in [0.25, 0.3) is 0 Å². The lowest BCUT2D eigenvalue weighted by Gasteiger charge is -2.30. The molecule has 2 aliphatic rings. The minimum atomic E-state index is -1.11. The zero-order chi connectivity index (χ0) is 15.3. The van der Waals surface area contributed by atoms with Crippen LogP contribution >= 0.6 is 11.8 Å². The molecule has 1 saturated heterocycles. The summed E-state index contributed by atoms with van der Waals surface area (Å²) in [5.74, 6) is 0.00203. The molecule has 2 unspecified atom stereocenters. The first kappa shape index (κ1) is 16.6. The van der Waals surface area contributed by atoms with E-state index >= 15 is 0 Å². The van der Waals surface area contributed by atoms with Gasteiger partial charge in [-0.15, -0.1) is 0 Å². The molecule has 1 amide bonds. The van der Waals surface area contributed by atoms with Gasteiger partial charge < -0.3 is 15.2 Å². The van der Waals surface area contributed by atoms with Crippen LogP contribution < -0.4 is 5.32 Å². The number of rotatable bonds is 6. The molecule has 2 fully saturated rings. The standard InChI is InChI=1S/C15H25NO4S/c1-2-12(20-11-6-4-3-5-7-11)13(17)16-15(14(18)19)8-9-21-10-15/h11-12H,2-10H2,1H3,(H,16,17)(H,18,19). The highest BCUT2D eigenvalue weighted by Gasteiger charge is 2.44. The van der Waals surface area contributed by atoms with Crippen LogP contribution in [0.5, 0.6) is 0 Å². The summed E-state index contributed by atoms with van der Waals surface area (Å²) >= 11 is 1.57. The van der Waals surface area contributed by atoms with Gasteiger partial charge >= 0.3 is 5.97 Å². The molecule has 0 radical (unpaired) electrons. The number of carbonyl (C=O) groups excluding carboxylic acids is 1. The summed E-state index contributed by atoms with van der Waals surface area (Å²) in [6.45, 7) is 1.91. The molecule has 21 heavy (non-hydrogen) atoms. The van der Waals surface area contributed by atoms with Crippen molar-refractivity contribution in [3.63, 3.8) is 0 Å². The second kappa shape index (κ2) is 7.49. The van der Waals surface area contributed by atoms with Gasteiger partial charge in [-0.2, -0.15) is 11.8 Å². The summed E-state index contributed by atoms with van der Waals surface area (Å²) < 4.78 is 5.93. The van der Waals surface area contributed by atoms with E-state index in [2.05, 4.69) is 5.32 Å². The Morgan fingerprint density at radius 3 is 2.62 bits per heavy atom. The van der Waals surface area contributed by atoms with Crippen LogP contribution in [0, 0.1) is 0 Å². The van der Waals surface area contributed by atoms with Gasteiger partial charge in [-0.05, 0) is 31.4 Å². The van der Waals surface area contributed by atoms with Gasteiger partial charge in [0.1, 0.15) is 11.6 Å². The number of ether oxygens (including phenoxy) is 1. The Morgan fingerprint density at radius 2 is 2.10 bits per heavy atom. The largest absolute Gasteiger partial charge is 0.479 e. The fourth-order valence-electron chi connectivity index (χ4n) is 2.98. The number of carboxylic acid groups (broad SMARTS) is 1. The molecule has 6 heteroatoms. The summed E-state index contributed by atoms with van der Waals surface area (Å²) in [6, 6.07) is 0. The highest BCUT2D eigenvalue weighted by atomic mass is 32.2. The van der Waals surface area contributed by atoms with Gasteiger partial charge in [0, 0.05) is 5.75 Å². The van der Waals surface area contributed by atoms with E-state index in [0.29, 0.717) is 18.6 Å². The van der Waals surface area contributed by atoms with Crippen LogP contribution in [-0.2, 0) is 14.3 Å². The Morgan fingerprint density at radius 1 is 1.38 bits per heavy atom. The molecule has 120 valence electrons. The number of hydrogen-bond donors (Lipinski definition) is 2. The van der Waals surface area contributed by atoms with Gasteiger partial charge in [0.05, 0.1) is 6.10 Å². The van der Waals surface area contributed by atoms with Gasteiger partial charge in [0.25, 0.3) is 0 Å². The SMILES string of the molecule is CCC(OC1CCCCC1)C(=O)NC1(C(=O)O)CCSC1. The van der Waals surface area contributed by atoms with Crippen LogP contribution in [0.4, 0.5) is 0 Å². The van der Waals surface area contributed by atoms with E-state index in [4.69, 9.17) is 4.74 Å². The van der Waals surface area contributed by atoms with Crippen molar-refractivity contribution < 1.29 is 19.4 Å². The van der Waals surface area contributed by atoms with Crippen molar-refractivity contribution in [2.24, 2.45) is 0 Å². The molecule has 2 N–H and O–H groups in total. The van der Waals surface area contributed by atoms with Crippen LogP contribution in [0.15, 0.2) is 0 Å². The van der Waals surface area contributed by atoms with Crippen molar-refractivity contribution in [2.45, 2.75) is 69.6 Å². The van der Waals surface area contributed by atoms with Crippen LogP contribution in [-0.4, -0.2) is 46.2 Å². The number of hydrogen-bond acceptors (Lipinski definition) is 4. The quantitative estimate of drug-likeness (QED) is 0.786. The zero-order valence-electron chi connectivity index (χ0n) is 12.6. The first-order valence-corrected chi connectivity index (χ1v) is 9.01. The van der Waals surface area contributed by atoms with E-state index in [0.717, 1.165) is 31.4 Å². The molecule has 0 bridgehead atoms. The number of amides is 1. The summed E-state index contributed by atoms with van der Waals surface area (Å²) in [7, 11) is 0. The summed E-state index contributed by atoms with van der Waals surface area (Å²) in [5.41, 5.74) is -1.11. The second-order valence-electron chi connectivity index (χ2n) is 5.97. The smallest absolute Gasteiger partial charge is 0.330 e. The first-order chi connectivity index (χ1) is 10.1. The lowest BCUT2D eigenvalue weighted by molar-refractivity contribution is -0.150. The van der Waals surface area contributed by atoms with Gasteiger partial charge in [-0.3, -0.25) is 4.79 Å². The predicted molar refractivity (Wildman–Crippen MR) is 82.5 cm³/mol. The molecule has 2 rings (SSSR count). The van der Waals surface area contributed by atoms with Crippen LogP contribution in [0.3, 0.4) is 0 Å². The third-order valence-electron chi connectivity index (χ3n) is 4.37. The van der Waals surface area contributed by atoms with Crippen molar-refractivity contribution in [1.29, 1.82) is 0 Å². The maximum Gasteiger partial charge on any atom is 0.330 e. The fraction of sp³-hybridized carbons (Fsp3) is 0.867. The van der Waals surface area contributed by atoms with E-state index in [1.54, 1.807) is 11.8 Å². The number of thioether (sulfide) groups is 1. The highest BCUT2D eigenvalue weighted by Crippen LogP contribution is 2.29. The van der Waals surface area contributed by atoms with Crippen LogP contribution in [0.1, 0.15) is 51.9 Å².